The van der Waals surface area contributed by atoms with Crippen molar-refractivity contribution in [3.05, 3.63) is 0 Å². The van der Waals surface area contributed by atoms with Crippen LogP contribution < -0.4 is 0 Å². The van der Waals surface area contributed by atoms with Gasteiger partial charge in [0, 0.05) is 6.54 Å². The molecule has 1 unspecified atom stereocenters. The fraction of sp³-hybridized carbons (Fsp3) is 0.800. The van der Waals surface area contributed by atoms with Gasteiger partial charge in [-0.25, -0.2) is 0 Å². The molecule has 0 saturated heterocycles. The van der Waals surface area contributed by atoms with Gasteiger partial charge in [0.05, 0.1) is 13.0 Å². The normalized spacial score (nSPS) is 12.5. The molecule has 0 bridgehead atoms. The summed E-state index contributed by atoms with van der Waals surface area (Å²) in [5.41, 5.74) is 0. The fourth-order valence-electron chi connectivity index (χ4n) is 0.969. The van der Waals surface area contributed by atoms with Crippen molar-refractivity contribution in [2.24, 2.45) is 0 Å². The summed E-state index contributed by atoms with van der Waals surface area (Å²) >= 11 is 0. The third kappa shape index (κ3) is 6.06. The van der Waals surface area contributed by atoms with Crippen LogP contribution in [0, 0.1) is 0 Å². The SMILES string of the molecule is CCCOC(=O)C(C)N(C)CCC(=O)O. The van der Waals surface area contributed by atoms with Crippen LogP contribution in [0.15, 0.2) is 0 Å². The van der Waals surface area contributed by atoms with Crippen molar-refractivity contribution in [1.82, 2.24) is 4.90 Å². The first-order valence-corrected chi connectivity index (χ1v) is 5.07. The first-order valence-electron chi connectivity index (χ1n) is 5.07. The number of carbonyl (C=O) groups is 2. The van der Waals surface area contributed by atoms with Gasteiger partial charge in [-0.05, 0) is 20.4 Å². The molecule has 0 aliphatic carbocycles. The van der Waals surface area contributed by atoms with Crippen LogP contribution >= 0.6 is 0 Å². The molecule has 0 fully saturated rings. The molecule has 0 radical (unpaired) electrons. The monoisotopic (exact) mass is 217 g/mol. The molecule has 88 valence electrons. The molecule has 0 aliphatic heterocycles. The second-order valence-electron chi connectivity index (χ2n) is 3.47. The van der Waals surface area contributed by atoms with Gasteiger partial charge in [-0.1, -0.05) is 6.92 Å². The van der Waals surface area contributed by atoms with Crippen LogP contribution in [0.3, 0.4) is 0 Å². The van der Waals surface area contributed by atoms with Crippen LogP contribution in [0.1, 0.15) is 26.7 Å². The largest absolute Gasteiger partial charge is 0.481 e. The van der Waals surface area contributed by atoms with E-state index in [2.05, 4.69) is 0 Å². The Balaban J connectivity index is 3.90. The van der Waals surface area contributed by atoms with E-state index in [9.17, 15) is 9.59 Å². The van der Waals surface area contributed by atoms with E-state index in [0.717, 1.165) is 6.42 Å². The molecule has 0 aliphatic rings. The number of carbonyl (C=O) groups excluding carboxylic acids is 1. The number of hydrogen-bond donors (Lipinski definition) is 1. The second kappa shape index (κ2) is 7.23. The number of aliphatic carboxylic acids is 1. The van der Waals surface area contributed by atoms with Gasteiger partial charge in [-0.2, -0.15) is 0 Å². The molecule has 0 heterocycles. The van der Waals surface area contributed by atoms with Gasteiger partial charge in [-0.3, -0.25) is 14.5 Å². The summed E-state index contributed by atoms with van der Waals surface area (Å²) in [5, 5.41) is 8.48. The Morgan fingerprint density at radius 1 is 1.47 bits per heavy atom. The molecule has 0 aromatic carbocycles. The number of esters is 1. The number of carboxylic acids is 1. The molecule has 1 N–H and O–H groups in total. The highest BCUT2D eigenvalue weighted by molar-refractivity contribution is 5.75. The molecule has 0 rings (SSSR count). The van der Waals surface area contributed by atoms with Gasteiger partial charge in [-0.15, -0.1) is 0 Å². The van der Waals surface area contributed by atoms with E-state index in [4.69, 9.17) is 9.84 Å². The summed E-state index contributed by atoms with van der Waals surface area (Å²) < 4.78 is 4.95. The number of likely N-dealkylation sites (N-methyl/N-ethyl adjacent to an activating group) is 1. The first-order chi connectivity index (χ1) is 6.99. The van der Waals surface area contributed by atoms with Gasteiger partial charge >= 0.3 is 11.9 Å². The topological polar surface area (TPSA) is 66.8 Å². The van der Waals surface area contributed by atoms with E-state index in [1.165, 1.54) is 0 Å². The maximum Gasteiger partial charge on any atom is 0.323 e. The van der Waals surface area contributed by atoms with Crippen LogP contribution in [-0.2, 0) is 14.3 Å². The van der Waals surface area contributed by atoms with Crippen molar-refractivity contribution in [1.29, 1.82) is 0 Å². The van der Waals surface area contributed by atoms with Crippen molar-refractivity contribution in [2.45, 2.75) is 32.7 Å². The number of ether oxygens (including phenoxy) is 1. The Kier molecular flexibility index (Phi) is 6.70. The number of hydrogen-bond acceptors (Lipinski definition) is 4. The summed E-state index contributed by atoms with van der Waals surface area (Å²) in [6.07, 6.45) is 0.819. The third-order valence-electron chi connectivity index (χ3n) is 2.13. The average molecular weight is 217 g/mol. The first kappa shape index (κ1) is 13.9. The van der Waals surface area contributed by atoms with Crippen molar-refractivity contribution < 1.29 is 19.4 Å². The van der Waals surface area contributed by atoms with E-state index in [0.29, 0.717) is 13.2 Å². The van der Waals surface area contributed by atoms with Crippen LogP contribution in [0.4, 0.5) is 0 Å². The summed E-state index contributed by atoms with van der Waals surface area (Å²) in [5.74, 6) is -1.17. The van der Waals surface area contributed by atoms with Crippen LogP contribution in [0.2, 0.25) is 0 Å². The van der Waals surface area contributed by atoms with Gasteiger partial charge in [0.15, 0.2) is 0 Å². The van der Waals surface area contributed by atoms with Crippen molar-refractivity contribution in [3.8, 4) is 0 Å². The van der Waals surface area contributed by atoms with Crippen LogP contribution in [-0.4, -0.2) is 48.2 Å². The van der Waals surface area contributed by atoms with E-state index >= 15 is 0 Å². The minimum Gasteiger partial charge on any atom is -0.481 e. The quantitative estimate of drug-likeness (QED) is 0.637. The lowest BCUT2D eigenvalue weighted by Crippen LogP contribution is -2.38. The Bertz CT molecular complexity index is 217. The van der Waals surface area contributed by atoms with Gasteiger partial charge in [0.1, 0.15) is 6.04 Å². The standard InChI is InChI=1S/C10H19NO4/c1-4-7-15-10(14)8(2)11(3)6-5-9(12)13/h8H,4-7H2,1-3H3,(H,12,13). The molecule has 15 heavy (non-hydrogen) atoms. The molecule has 0 aromatic rings. The number of nitrogens with zero attached hydrogens (tertiary/aromatic N) is 1. The molecule has 0 amide bonds. The molecule has 0 spiro atoms. The highest BCUT2D eigenvalue weighted by Gasteiger charge is 2.19. The van der Waals surface area contributed by atoms with E-state index in [1.54, 1.807) is 18.9 Å². The lowest BCUT2D eigenvalue weighted by atomic mass is 10.3. The van der Waals surface area contributed by atoms with Gasteiger partial charge < -0.3 is 9.84 Å². The van der Waals surface area contributed by atoms with Gasteiger partial charge in [0.2, 0.25) is 0 Å². The Morgan fingerprint density at radius 2 is 2.07 bits per heavy atom. The molecular formula is C10H19NO4. The summed E-state index contributed by atoms with van der Waals surface area (Å²) in [7, 11) is 1.71. The average Bonchev–Trinajstić information content (AvgIpc) is 2.21. The predicted octanol–water partition coefficient (Wildman–Crippen LogP) is 0.735. The van der Waals surface area contributed by atoms with Crippen molar-refractivity contribution >= 4 is 11.9 Å². The summed E-state index contributed by atoms with van der Waals surface area (Å²) in [6, 6.07) is -0.393. The number of rotatable bonds is 7. The van der Waals surface area contributed by atoms with Crippen molar-refractivity contribution in [2.75, 3.05) is 20.2 Å². The predicted molar refractivity (Wildman–Crippen MR) is 55.6 cm³/mol. The van der Waals surface area contributed by atoms with E-state index < -0.39 is 12.0 Å². The zero-order valence-electron chi connectivity index (χ0n) is 9.52. The zero-order valence-corrected chi connectivity index (χ0v) is 9.52. The Morgan fingerprint density at radius 3 is 2.53 bits per heavy atom. The highest BCUT2D eigenvalue weighted by Crippen LogP contribution is 2.00. The Hall–Kier alpha value is -1.10. The van der Waals surface area contributed by atoms with Gasteiger partial charge in [0.25, 0.3) is 0 Å². The van der Waals surface area contributed by atoms with Crippen LogP contribution in [0.25, 0.3) is 0 Å². The lowest BCUT2D eigenvalue weighted by Gasteiger charge is -2.22. The van der Waals surface area contributed by atoms with E-state index in [-0.39, 0.29) is 12.4 Å². The minimum absolute atomic E-state index is 0.0297. The smallest absolute Gasteiger partial charge is 0.323 e. The van der Waals surface area contributed by atoms with E-state index in [1.807, 2.05) is 6.92 Å². The Labute approximate surface area is 90.0 Å². The summed E-state index contributed by atoms with van der Waals surface area (Å²) in [6.45, 7) is 4.39. The van der Waals surface area contributed by atoms with Crippen LogP contribution in [0.5, 0.6) is 0 Å². The molecule has 5 heteroatoms. The summed E-state index contributed by atoms with van der Waals surface area (Å²) in [4.78, 5) is 23.4. The highest BCUT2D eigenvalue weighted by atomic mass is 16.5. The maximum absolute atomic E-state index is 11.4. The molecular weight excluding hydrogens is 198 g/mol. The molecule has 5 nitrogen and oxygen atoms in total. The molecule has 0 saturated carbocycles. The minimum atomic E-state index is -0.865. The lowest BCUT2D eigenvalue weighted by molar-refractivity contribution is -0.149. The van der Waals surface area contributed by atoms with Crippen molar-refractivity contribution in [3.63, 3.8) is 0 Å². The maximum atomic E-state index is 11.4. The zero-order chi connectivity index (χ0) is 11.8. The molecule has 1 atom stereocenters. The third-order valence-corrected chi connectivity index (χ3v) is 2.13. The fourth-order valence-corrected chi connectivity index (χ4v) is 0.969. The molecule has 0 aromatic heterocycles. The second-order valence-corrected chi connectivity index (χ2v) is 3.47. The number of carboxylic acid groups (broad SMARTS) is 1.